The quantitative estimate of drug-likeness (QED) is 0.905. The number of β-amino-alcohol motifs (C(OH)–C–C–N with tert-alkyl or cyclic N) is 1. The van der Waals surface area contributed by atoms with E-state index in [4.69, 9.17) is 0 Å². The summed E-state index contributed by atoms with van der Waals surface area (Å²) < 4.78 is 0. The second-order valence-corrected chi connectivity index (χ2v) is 6.38. The van der Waals surface area contributed by atoms with Crippen molar-refractivity contribution in [3.63, 3.8) is 0 Å². The molecule has 0 aromatic heterocycles. The molecule has 0 bridgehead atoms. The fourth-order valence-corrected chi connectivity index (χ4v) is 3.15. The third-order valence-electron chi connectivity index (χ3n) is 4.73. The second-order valence-electron chi connectivity index (χ2n) is 6.38. The molecule has 1 amide bonds. The van der Waals surface area contributed by atoms with Gasteiger partial charge in [-0.25, -0.2) is 0 Å². The Morgan fingerprint density at radius 2 is 1.71 bits per heavy atom. The van der Waals surface area contributed by atoms with Crippen LogP contribution < -0.4 is 0 Å². The first-order chi connectivity index (χ1) is 11.7. The Morgan fingerprint density at radius 1 is 1.04 bits per heavy atom. The third-order valence-corrected chi connectivity index (χ3v) is 4.73. The lowest BCUT2D eigenvalue weighted by Gasteiger charge is -2.35. The van der Waals surface area contributed by atoms with Crippen LogP contribution in [0.25, 0.3) is 11.1 Å². The zero-order chi connectivity index (χ0) is 16.9. The zero-order valence-electron chi connectivity index (χ0n) is 13.6. The van der Waals surface area contributed by atoms with E-state index in [0.29, 0.717) is 25.9 Å². The molecule has 0 spiro atoms. The molecule has 0 aliphatic carbocycles. The van der Waals surface area contributed by atoms with Crippen molar-refractivity contribution in [2.75, 3.05) is 19.7 Å². The highest BCUT2D eigenvalue weighted by atomic mass is 16.3. The van der Waals surface area contributed by atoms with Crippen LogP contribution >= 0.6 is 0 Å². The van der Waals surface area contributed by atoms with Gasteiger partial charge in [0.1, 0.15) is 0 Å². The smallest absolute Gasteiger partial charge is 0.227 e. The molecule has 1 aliphatic heterocycles. The summed E-state index contributed by atoms with van der Waals surface area (Å²) in [6.45, 7) is 0.888. The first-order valence-electron chi connectivity index (χ1n) is 8.38. The SMILES string of the molecule is O=C(Cc1ccc(-c2ccccc2)cc1)N1CC[C@@H](CO)[C@@H](O)C1. The third kappa shape index (κ3) is 3.83. The van der Waals surface area contributed by atoms with Crippen molar-refractivity contribution < 1.29 is 15.0 Å². The van der Waals surface area contributed by atoms with Gasteiger partial charge in [-0.05, 0) is 23.1 Å². The molecule has 2 aromatic carbocycles. The van der Waals surface area contributed by atoms with E-state index in [0.717, 1.165) is 16.7 Å². The van der Waals surface area contributed by atoms with Gasteiger partial charge in [-0.1, -0.05) is 54.6 Å². The summed E-state index contributed by atoms with van der Waals surface area (Å²) >= 11 is 0. The number of rotatable bonds is 4. The fourth-order valence-electron chi connectivity index (χ4n) is 3.15. The van der Waals surface area contributed by atoms with Gasteiger partial charge < -0.3 is 15.1 Å². The van der Waals surface area contributed by atoms with E-state index in [9.17, 15) is 15.0 Å². The molecule has 2 atom stereocenters. The predicted octanol–water partition coefficient (Wildman–Crippen LogP) is 2.10. The molecule has 4 nitrogen and oxygen atoms in total. The molecule has 24 heavy (non-hydrogen) atoms. The number of hydrogen-bond donors (Lipinski definition) is 2. The minimum absolute atomic E-state index is 0.0237. The van der Waals surface area contributed by atoms with Crippen molar-refractivity contribution >= 4 is 5.91 Å². The summed E-state index contributed by atoms with van der Waals surface area (Å²) in [5.74, 6) is -0.0860. The summed E-state index contributed by atoms with van der Waals surface area (Å²) in [5, 5.41) is 19.1. The number of amides is 1. The van der Waals surface area contributed by atoms with Crippen LogP contribution in [0.5, 0.6) is 0 Å². The summed E-state index contributed by atoms with van der Waals surface area (Å²) in [6, 6.07) is 18.2. The molecule has 0 saturated carbocycles. The van der Waals surface area contributed by atoms with E-state index in [1.165, 1.54) is 0 Å². The Bertz CT molecular complexity index is 669. The summed E-state index contributed by atoms with van der Waals surface area (Å²) in [4.78, 5) is 14.1. The van der Waals surface area contributed by atoms with Gasteiger partial charge in [0.05, 0.1) is 12.5 Å². The molecule has 126 valence electrons. The molecular formula is C20H23NO3. The number of benzene rings is 2. The van der Waals surface area contributed by atoms with E-state index in [1.54, 1.807) is 4.90 Å². The van der Waals surface area contributed by atoms with Crippen molar-refractivity contribution in [2.24, 2.45) is 5.92 Å². The average Bonchev–Trinajstić information content (AvgIpc) is 2.63. The van der Waals surface area contributed by atoms with Gasteiger partial charge in [0.15, 0.2) is 0 Å². The van der Waals surface area contributed by atoms with Crippen molar-refractivity contribution in [2.45, 2.75) is 18.9 Å². The fraction of sp³-hybridized carbons (Fsp3) is 0.350. The maximum atomic E-state index is 12.4. The standard InChI is InChI=1S/C20H23NO3/c22-14-18-10-11-21(13-19(18)23)20(24)12-15-6-8-17(9-7-15)16-4-2-1-3-5-16/h1-9,18-19,22-23H,10-14H2/t18-,19-/m0/s1. The van der Waals surface area contributed by atoms with Crippen molar-refractivity contribution in [1.82, 2.24) is 4.90 Å². The Morgan fingerprint density at radius 3 is 2.33 bits per heavy atom. The van der Waals surface area contributed by atoms with E-state index in [-0.39, 0.29) is 18.4 Å². The number of carbonyl (C=O) groups excluding carboxylic acids is 1. The molecule has 2 aromatic rings. The minimum atomic E-state index is -0.631. The Kier molecular flexibility index (Phi) is 5.28. The lowest BCUT2D eigenvalue weighted by Crippen LogP contribution is -2.48. The largest absolute Gasteiger partial charge is 0.396 e. The molecule has 1 saturated heterocycles. The lowest BCUT2D eigenvalue weighted by molar-refractivity contribution is -0.135. The van der Waals surface area contributed by atoms with Gasteiger partial charge in [-0.15, -0.1) is 0 Å². The summed E-state index contributed by atoms with van der Waals surface area (Å²) in [6.07, 6.45) is 0.357. The van der Waals surface area contributed by atoms with Crippen LogP contribution in [0, 0.1) is 5.92 Å². The first kappa shape index (κ1) is 16.7. The number of aliphatic hydroxyl groups excluding tert-OH is 2. The highest BCUT2D eigenvalue weighted by Crippen LogP contribution is 2.21. The van der Waals surface area contributed by atoms with Crippen LogP contribution in [0.4, 0.5) is 0 Å². The Hall–Kier alpha value is -2.17. The van der Waals surface area contributed by atoms with Crippen LogP contribution in [0.2, 0.25) is 0 Å². The predicted molar refractivity (Wildman–Crippen MR) is 93.4 cm³/mol. The van der Waals surface area contributed by atoms with Crippen LogP contribution in [0.1, 0.15) is 12.0 Å². The number of piperidine rings is 1. The van der Waals surface area contributed by atoms with E-state index < -0.39 is 6.10 Å². The van der Waals surface area contributed by atoms with Crippen LogP contribution in [-0.4, -0.2) is 46.8 Å². The average molecular weight is 325 g/mol. The van der Waals surface area contributed by atoms with Gasteiger partial charge in [-0.2, -0.15) is 0 Å². The van der Waals surface area contributed by atoms with E-state index in [1.807, 2.05) is 42.5 Å². The number of aliphatic hydroxyl groups is 2. The molecule has 3 rings (SSSR count). The lowest BCUT2D eigenvalue weighted by atomic mass is 9.94. The number of nitrogens with zero attached hydrogens (tertiary/aromatic N) is 1. The summed E-state index contributed by atoms with van der Waals surface area (Å²) in [7, 11) is 0. The van der Waals surface area contributed by atoms with Gasteiger partial charge in [-0.3, -0.25) is 4.79 Å². The van der Waals surface area contributed by atoms with Crippen LogP contribution in [0.3, 0.4) is 0 Å². The molecule has 1 fully saturated rings. The van der Waals surface area contributed by atoms with Gasteiger partial charge in [0.2, 0.25) is 5.91 Å². The van der Waals surface area contributed by atoms with E-state index in [2.05, 4.69) is 12.1 Å². The second kappa shape index (κ2) is 7.60. The topological polar surface area (TPSA) is 60.8 Å². The maximum absolute atomic E-state index is 12.4. The highest BCUT2D eigenvalue weighted by molar-refractivity contribution is 5.79. The monoisotopic (exact) mass is 325 g/mol. The van der Waals surface area contributed by atoms with Crippen molar-refractivity contribution in [3.05, 3.63) is 60.2 Å². The van der Waals surface area contributed by atoms with Gasteiger partial charge >= 0.3 is 0 Å². The zero-order valence-corrected chi connectivity index (χ0v) is 13.6. The Balaban J connectivity index is 1.61. The minimum Gasteiger partial charge on any atom is -0.396 e. The van der Waals surface area contributed by atoms with Gasteiger partial charge in [0, 0.05) is 25.6 Å². The van der Waals surface area contributed by atoms with Crippen molar-refractivity contribution in [3.8, 4) is 11.1 Å². The molecule has 0 unspecified atom stereocenters. The van der Waals surface area contributed by atoms with Crippen LogP contribution in [-0.2, 0) is 11.2 Å². The highest BCUT2D eigenvalue weighted by Gasteiger charge is 2.29. The van der Waals surface area contributed by atoms with Gasteiger partial charge in [0.25, 0.3) is 0 Å². The first-order valence-corrected chi connectivity index (χ1v) is 8.38. The number of likely N-dealkylation sites (tertiary alicyclic amines) is 1. The number of carbonyl (C=O) groups is 1. The van der Waals surface area contributed by atoms with Crippen LogP contribution in [0.15, 0.2) is 54.6 Å². The van der Waals surface area contributed by atoms with E-state index >= 15 is 0 Å². The van der Waals surface area contributed by atoms with Crippen molar-refractivity contribution in [1.29, 1.82) is 0 Å². The maximum Gasteiger partial charge on any atom is 0.227 e. The molecular weight excluding hydrogens is 302 g/mol. The molecule has 1 heterocycles. The number of hydrogen-bond acceptors (Lipinski definition) is 3. The summed E-state index contributed by atoms with van der Waals surface area (Å²) in [5.41, 5.74) is 3.26. The molecule has 2 N–H and O–H groups in total. The normalized spacial score (nSPS) is 20.8. The Labute approximate surface area is 142 Å². The molecule has 0 radical (unpaired) electrons. The molecule has 1 aliphatic rings. The molecule has 4 heteroatoms.